The predicted octanol–water partition coefficient (Wildman–Crippen LogP) is 3.59. The van der Waals surface area contributed by atoms with Crippen molar-refractivity contribution < 1.29 is 9.84 Å². The number of anilines is 1. The monoisotopic (exact) mass is 329 g/mol. The first-order valence-electron chi connectivity index (χ1n) is 6.37. The molecular formula is C15H24BrNO2. The van der Waals surface area contributed by atoms with E-state index in [4.69, 9.17) is 4.74 Å². The third kappa shape index (κ3) is 2.75. The van der Waals surface area contributed by atoms with Crippen LogP contribution in [0.25, 0.3) is 0 Å². The van der Waals surface area contributed by atoms with Crippen molar-refractivity contribution in [2.24, 2.45) is 0 Å². The third-order valence-corrected chi connectivity index (χ3v) is 5.16. The molecule has 0 spiro atoms. The van der Waals surface area contributed by atoms with E-state index < -0.39 is 0 Å². The van der Waals surface area contributed by atoms with Crippen LogP contribution in [0, 0.1) is 20.8 Å². The second kappa shape index (κ2) is 5.71. The first-order chi connectivity index (χ1) is 8.68. The molecule has 0 heterocycles. The second-order valence-electron chi connectivity index (χ2n) is 5.60. The molecule has 108 valence electrons. The van der Waals surface area contributed by atoms with Gasteiger partial charge in [0, 0.05) is 11.5 Å². The molecule has 1 rings (SSSR count). The van der Waals surface area contributed by atoms with Crippen molar-refractivity contribution in [1.82, 2.24) is 0 Å². The molecular weight excluding hydrogens is 306 g/mol. The van der Waals surface area contributed by atoms with E-state index in [0.29, 0.717) is 0 Å². The molecule has 0 saturated heterocycles. The number of likely N-dealkylation sites (N-methyl/N-ethyl adjacent to an activating group) is 1. The molecule has 0 fully saturated rings. The number of halogens is 1. The summed E-state index contributed by atoms with van der Waals surface area (Å²) in [6.07, 6.45) is 0. The Morgan fingerprint density at radius 3 is 2.11 bits per heavy atom. The minimum Gasteiger partial charge on any atom is -0.494 e. The molecule has 3 nitrogen and oxygen atoms in total. The van der Waals surface area contributed by atoms with E-state index in [2.05, 4.69) is 41.6 Å². The molecule has 0 aliphatic heterocycles. The largest absolute Gasteiger partial charge is 0.494 e. The lowest BCUT2D eigenvalue weighted by Gasteiger charge is -2.38. The highest BCUT2D eigenvalue weighted by atomic mass is 79.9. The third-order valence-electron chi connectivity index (χ3n) is 3.97. The molecule has 1 aromatic rings. The zero-order valence-corrected chi connectivity index (χ0v) is 14.5. The molecule has 0 radical (unpaired) electrons. The van der Waals surface area contributed by atoms with Crippen molar-refractivity contribution in [3.63, 3.8) is 0 Å². The topological polar surface area (TPSA) is 32.7 Å². The van der Waals surface area contributed by atoms with Crippen LogP contribution in [0.5, 0.6) is 5.75 Å². The van der Waals surface area contributed by atoms with Gasteiger partial charge >= 0.3 is 0 Å². The van der Waals surface area contributed by atoms with Gasteiger partial charge in [0.2, 0.25) is 0 Å². The van der Waals surface area contributed by atoms with E-state index in [0.717, 1.165) is 27.0 Å². The maximum absolute atomic E-state index is 9.58. The minimum atomic E-state index is -0.348. The van der Waals surface area contributed by atoms with Gasteiger partial charge in [-0.25, -0.2) is 0 Å². The molecule has 0 unspecified atom stereocenters. The standard InChI is InChI=1S/C15H24BrNO2/c1-9-10(2)14(19-7)13(11(3)12(9)16)17(6)15(4,5)8-18/h18H,8H2,1-7H3. The van der Waals surface area contributed by atoms with Crippen molar-refractivity contribution in [1.29, 1.82) is 0 Å². The average molecular weight is 330 g/mol. The highest BCUT2D eigenvalue weighted by molar-refractivity contribution is 9.10. The Hall–Kier alpha value is -0.740. The van der Waals surface area contributed by atoms with Crippen LogP contribution >= 0.6 is 15.9 Å². The molecule has 0 atom stereocenters. The van der Waals surface area contributed by atoms with Gasteiger partial charge in [-0.05, 0) is 51.3 Å². The molecule has 0 aromatic heterocycles. The molecule has 1 N–H and O–H groups in total. The lowest BCUT2D eigenvalue weighted by molar-refractivity contribution is 0.215. The SMILES string of the molecule is COc1c(C)c(C)c(Br)c(C)c1N(C)C(C)(C)CO. The van der Waals surface area contributed by atoms with Crippen LogP contribution in [0.2, 0.25) is 0 Å². The van der Waals surface area contributed by atoms with Gasteiger partial charge in [0.25, 0.3) is 0 Å². The van der Waals surface area contributed by atoms with Crippen LogP contribution in [-0.4, -0.2) is 31.4 Å². The van der Waals surface area contributed by atoms with Gasteiger partial charge in [0.05, 0.1) is 24.9 Å². The highest BCUT2D eigenvalue weighted by Gasteiger charge is 2.28. The van der Waals surface area contributed by atoms with Crippen LogP contribution in [0.4, 0.5) is 5.69 Å². The number of nitrogens with zero attached hydrogens (tertiary/aromatic N) is 1. The van der Waals surface area contributed by atoms with Crippen molar-refractivity contribution >= 4 is 21.6 Å². The summed E-state index contributed by atoms with van der Waals surface area (Å²) < 4.78 is 6.71. The van der Waals surface area contributed by atoms with Crippen LogP contribution in [-0.2, 0) is 0 Å². The van der Waals surface area contributed by atoms with Gasteiger partial charge in [-0.3, -0.25) is 0 Å². The second-order valence-corrected chi connectivity index (χ2v) is 6.39. The van der Waals surface area contributed by atoms with Gasteiger partial charge in [-0.2, -0.15) is 0 Å². The molecule has 0 aliphatic carbocycles. The maximum atomic E-state index is 9.58. The van der Waals surface area contributed by atoms with Gasteiger partial charge in [0.15, 0.2) is 0 Å². The van der Waals surface area contributed by atoms with E-state index in [1.54, 1.807) is 7.11 Å². The number of ether oxygens (including phenoxy) is 1. The van der Waals surface area contributed by atoms with Crippen LogP contribution in [0.15, 0.2) is 4.47 Å². The fraction of sp³-hybridized carbons (Fsp3) is 0.600. The number of benzene rings is 1. The Bertz CT molecular complexity index is 484. The number of aliphatic hydroxyl groups is 1. The number of methoxy groups -OCH3 is 1. The van der Waals surface area contributed by atoms with E-state index in [9.17, 15) is 5.11 Å². The zero-order valence-electron chi connectivity index (χ0n) is 12.9. The fourth-order valence-corrected chi connectivity index (χ4v) is 2.62. The Morgan fingerprint density at radius 2 is 1.68 bits per heavy atom. The van der Waals surface area contributed by atoms with E-state index in [1.807, 2.05) is 20.9 Å². The minimum absolute atomic E-state index is 0.0800. The van der Waals surface area contributed by atoms with Crippen molar-refractivity contribution in [2.45, 2.75) is 40.2 Å². The van der Waals surface area contributed by atoms with Gasteiger partial charge in [-0.1, -0.05) is 15.9 Å². The summed E-state index contributed by atoms with van der Waals surface area (Å²) >= 11 is 3.66. The smallest absolute Gasteiger partial charge is 0.145 e. The first-order valence-corrected chi connectivity index (χ1v) is 7.16. The van der Waals surface area contributed by atoms with Crippen molar-refractivity contribution in [2.75, 3.05) is 25.7 Å². The Labute approximate surface area is 124 Å². The molecule has 4 heteroatoms. The van der Waals surface area contributed by atoms with Crippen molar-refractivity contribution in [3.05, 3.63) is 21.2 Å². The van der Waals surface area contributed by atoms with Crippen LogP contribution in [0.3, 0.4) is 0 Å². The summed E-state index contributed by atoms with van der Waals surface area (Å²) in [5, 5.41) is 9.58. The summed E-state index contributed by atoms with van der Waals surface area (Å²) in [6, 6.07) is 0. The van der Waals surface area contributed by atoms with Gasteiger partial charge in [-0.15, -0.1) is 0 Å². The van der Waals surface area contributed by atoms with E-state index >= 15 is 0 Å². The van der Waals surface area contributed by atoms with Crippen LogP contribution < -0.4 is 9.64 Å². The highest BCUT2D eigenvalue weighted by Crippen LogP contribution is 2.43. The predicted molar refractivity (Wildman–Crippen MR) is 84.5 cm³/mol. The average Bonchev–Trinajstić information content (AvgIpc) is 2.39. The molecule has 0 amide bonds. The quantitative estimate of drug-likeness (QED) is 0.916. The summed E-state index contributed by atoms with van der Waals surface area (Å²) in [5.74, 6) is 0.877. The summed E-state index contributed by atoms with van der Waals surface area (Å²) in [4.78, 5) is 2.08. The van der Waals surface area contributed by atoms with Crippen LogP contribution in [0.1, 0.15) is 30.5 Å². The zero-order chi connectivity index (χ0) is 15.0. The Balaban J connectivity index is 3.59. The Morgan fingerprint density at radius 1 is 1.16 bits per heavy atom. The maximum Gasteiger partial charge on any atom is 0.145 e. The summed E-state index contributed by atoms with van der Waals surface area (Å²) in [7, 11) is 3.68. The lowest BCUT2D eigenvalue weighted by Crippen LogP contribution is -2.45. The van der Waals surface area contributed by atoms with Gasteiger partial charge in [0.1, 0.15) is 5.75 Å². The fourth-order valence-electron chi connectivity index (χ4n) is 2.13. The van der Waals surface area contributed by atoms with Crippen molar-refractivity contribution in [3.8, 4) is 5.75 Å². The summed E-state index contributed by atoms with van der Waals surface area (Å²) in [6.45, 7) is 10.3. The lowest BCUT2D eigenvalue weighted by atomic mass is 9.98. The van der Waals surface area contributed by atoms with E-state index in [1.165, 1.54) is 5.56 Å². The molecule has 1 aromatic carbocycles. The Kier molecular flexibility index (Phi) is 4.91. The summed E-state index contributed by atoms with van der Waals surface area (Å²) in [5.41, 5.74) is 4.11. The molecule has 19 heavy (non-hydrogen) atoms. The number of hydrogen-bond acceptors (Lipinski definition) is 3. The molecule has 0 aliphatic rings. The van der Waals surface area contributed by atoms with E-state index in [-0.39, 0.29) is 12.1 Å². The number of aliphatic hydroxyl groups excluding tert-OH is 1. The number of rotatable bonds is 4. The normalized spacial score (nSPS) is 11.6. The molecule has 0 bridgehead atoms. The molecule has 0 saturated carbocycles. The van der Waals surface area contributed by atoms with Gasteiger partial charge < -0.3 is 14.7 Å². The first kappa shape index (κ1) is 16.3. The number of hydrogen-bond donors (Lipinski definition) is 1.